The lowest BCUT2D eigenvalue weighted by atomic mass is 10.0. The monoisotopic (exact) mass is 501 g/mol. The fourth-order valence-corrected chi connectivity index (χ4v) is 3.87. The Morgan fingerprint density at radius 2 is 1.89 bits per heavy atom. The molecule has 0 aliphatic carbocycles. The highest BCUT2D eigenvalue weighted by Crippen LogP contribution is 2.34. The van der Waals surface area contributed by atoms with Crippen molar-refractivity contribution >= 4 is 34.2 Å². The van der Waals surface area contributed by atoms with Crippen molar-refractivity contribution in [2.75, 3.05) is 5.32 Å². The van der Waals surface area contributed by atoms with E-state index in [1.54, 1.807) is 37.4 Å². The van der Waals surface area contributed by atoms with E-state index in [1.807, 2.05) is 18.4 Å². The normalized spacial score (nSPS) is 12.7. The Kier molecular flexibility index (Phi) is 6.68. The second-order valence-corrected chi connectivity index (χ2v) is 8.58. The maximum Gasteiger partial charge on any atom is 0.487 e. The molecule has 0 fully saturated rings. The average molecular weight is 502 g/mol. The molecule has 2 heterocycles. The zero-order valence-corrected chi connectivity index (χ0v) is 19.8. The van der Waals surface area contributed by atoms with Crippen molar-refractivity contribution in [2.24, 2.45) is 0 Å². The minimum Gasteiger partial charge on any atom is -0.420 e. The molecular weight excluding hydrogens is 480 g/mol. The Bertz CT molecular complexity index is 1350. The maximum absolute atomic E-state index is 13.1. The molecule has 0 radical (unpaired) electrons. The number of amides is 1. The second-order valence-electron chi connectivity index (χ2n) is 8.14. The number of alkyl halides is 3. The van der Waals surface area contributed by atoms with Gasteiger partial charge in [-0.2, -0.15) is 10.2 Å². The van der Waals surface area contributed by atoms with Crippen LogP contribution in [-0.2, 0) is 0 Å². The van der Waals surface area contributed by atoms with E-state index in [9.17, 15) is 18.7 Å². The number of aliphatic hydroxyl groups is 1. The van der Waals surface area contributed by atoms with Gasteiger partial charge >= 0.3 is 5.57 Å². The van der Waals surface area contributed by atoms with Gasteiger partial charge in [0.25, 0.3) is 5.91 Å². The fraction of sp³-hybridized carbons (Fsp3) is 0.250. The van der Waals surface area contributed by atoms with Gasteiger partial charge in [-0.25, -0.2) is 4.98 Å². The number of aromatic nitrogens is 4. The second kappa shape index (κ2) is 9.55. The van der Waals surface area contributed by atoms with Gasteiger partial charge < -0.3 is 19.7 Å². The quantitative estimate of drug-likeness (QED) is 0.322. The minimum absolute atomic E-state index is 0.0270. The molecule has 0 saturated carbocycles. The van der Waals surface area contributed by atoms with E-state index < -0.39 is 17.6 Å². The van der Waals surface area contributed by atoms with Crippen molar-refractivity contribution < 1.29 is 23.4 Å². The molecule has 4 aromatic rings. The van der Waals surface area contributed by atoms with Crippen molar-refractivity contribution in [1.82, 2.24) is 19.7 Å². The average Bonchev–Trinajstić information content (AvgIpc) is 3.20. The lowest BCUT2D eigenvalue weighted by Gasteiger charge is -2.16. The molecule has 0 spiro atoms. The van der Waals surface area contributed by atoms with Gasteiger partial charge in [0.15, 0.2) is 0 Å². The van der Waals surface area contributed by atoms with Gasteiger partial charge in [-0.05, 0) is 69.3 Å². The summed E-state index contributed by atoms with van der Waals surface area (Å²) in [6, 6.07) is 12.1. The smallest absolute Gasteiger partial charge is 0.420 e. The number of imidazole rings is 1. The highest BCUT2D eigenvalue weighted by atomic mass is 35.5. The lowest BCUT2D eigenvalue weighted by Crippen LogP contribution is -2.16. The van der Waals surface area contributed by atoms with Gasteiger partial charge in [0, 0.05) is 40.7 Å². The number of rotatable bonds is 7. The van der Waals surface area contributed by atoms with E-state index >= 15 is 0 Å². The number of hydrogen-bond donors (Lipinski definition) is 2. The molecule has 0 saturated heterocycles. The third-order valence-electron chi connectivity index (χ3n) is 5.16. The van der Waals surface area contributed by atoms with Gasteiger partial charge in [-0.1, -0.05) is 0 Å². The van der Waals surface area contributed by atoms with Crippen LogP contribution in [0.5, 0.6) is 5.75 Å². The molecular formula is C24H22ClF2N5O3. The summed E-state index contributed by atoms with van der Waals surface area (Å²) in [7, 11) is 0. The summed E-state index contributed by atoms with van der Waals surface area (Å²) in [5.74, 6) is -0.144. The van der Waals surface area contributed by atoms with E-state index in [4.69, 9.17) is 11.6 Å². The number of benzene rings is 2. The van der Waals surface area contributed by atoms with Crippen LogP contribution in [0, 0.1) is 0 Å². The Hall–Kier alpha value is -3.63. The first-order chi connectivity index (χ1) is 16.5. The SMILES string of the molecule is CC(C)n1c([C@H](C)O)nc2cc(C(=O)Nc3ccc(OC(F)(F)Cl)cc3)cc(-c3cccnn3)c21. The Morgan fingerprint density at radius 1 is 1.17 bits per heavy atom. The molecule has 1 atom stereocenters. The van der Waals surface area contributed by atoms with Gasteiger partial charge in [0.1, 0.15) is 17.7 Å². The van der Waals surface area contributed by atoms with E-state index in [1.165, 1.54) is 24.3 Å². The first-order valence-electron chi connectivity index (χ1n) is 10.7. The summed E-state index contributed by atoms with van der Waals surface area (Å²) >= 11 is 4.78. The van der Waals surface area contributed by atoms with E-state index in [0.29, 0.717) is 28.3 Å². The molecule has 0 bridgehead atoms. The molecule has 1 amide bonds. The Morgan fingerprint density at radius 3 is 2.46 bits per heavy atom. The number of ether oxygens (including phenoxy) is 1. The molecule has 35 heavy (non-hydrogen) atoms. The van der Waals surface area contributed by atoms with Crippen molar-refractivity contribution in [3.8, 4) is 17.0 Å². The molecule has 4 rings (SSSR count). The predicted molar refractivity (Wildman–Crippen MR) is 128 cm³/mol. The van der Waals surface area contributed by atoms with Crippen LogP contribution < -0.4 is 10.1 Å². The van der Waals surface area contributed by atoms with Crippen LogP contribution in [0.4, 0.5) is 14.5 Å². The number of nitrogens with zero attached hydrogens (tertiary/aromatic N) is 4. The summed E-state index contributed by atoms with van der Waals surface area (Å²) in [4.78, 5) is 17.7. The number of nitrogens with one attached hydrogen (secondary N) is 1. The maximum atomic E-state index is 13.1. The zero-order valence-electron chi connectivity index (χ0n) is 19.0. The van der Waals surface area contributed by atoms with E-state index in [2.05, 4.69) is 25.2 Å². The van der Waals surface area contributed by atoms with Crippen LogP contribution in [0.2, 0.25) is 0 Å². The van der Waals surface area contributed by atoms with Crippen LogP contribution in [-0.4, -0.2) is 36.3 Å². The number of aliphatic hydroxyl groups excluding tert-OH is 1. The highest BCUT2D eigenvalue weighted by Gasteiger charge is 2.27. The topological polar surface area (TPSA) is 102 Å². The van der Waals surface area contributed by atoms with Crippen LogP contribution in [0.25, 0.3) is 22.3 Å². The van der Waals surface area contributed by atoms with Crippen molar-refractivity contribution in [3.05, 3.63) is 66.1 Å². The first-order valence-corrected chi connectivity index (χ1v) is 11.1. The van der Waals surface area contributed by atoms with Gasteiger partial charge in [0.05, 0.1) is 16.7 Å². The molecule has 0 unspecified atom stereocenters. The summed E-state index contributed by atoms with van der Waals surface area (Å²) in [6.07, 6.45) is 0.712. The van der Waals surface area contributed by atoms with Crippen LogP contribution in [0.15, 0.2) is 54.7 Å². The van der Waals surface area contributed by atoms with E-state index in [0.717, 1.165) is 5.52 Å². The molecule has 182 valence electrons. The molecule has 2 aromatic carbocycles. The van der Waals surface area contributed by atoms with Gasteiger partial charge in [0.2, 0.25) is 0 Å². The Labute approximate surface area is 204 Å². The number of fused-ring (bicyclic) bond motifs is 1. The molecule has 0 aliphatic rings. The summed E-state index contributed by atoms with van der Waals surface area (Å²) in [5, 5.41) is 21.2. The molecule has 2 aromatic heterocycles. The van der Waals surface area contributed by atoms with Crippen LogP contribution in [0.3, 0.4) is 0 Å². The number of anilines is 1. The largest absolute Gasteiger partial charge is 0.487 e. The minimum atomic E-state index is -3.83. The fourth-order valence-electron chi connectivity index (χ4n) is 3.78. The van der Waals surface area contributed by atoms with E-state index in [-0.39, 0.29) is 17.4 Å². The summed E-state index contributed by atoms with van der Waals surface area (Å²) in [6.45, 7) is 5.58. The predicted octanol–water partition coefficient (Wildman–Crippen LogP) is 5.55. The van der Waals surface area contributed by atoms with Crippen LogP contribution in [0.1, 0.15) is 49.1 Å². The Balaban J connectivity index is 1.76. The third kappa shape index (κ3) is 5.39. The summed E-state index contributed by atoms with van der Waals surface area (Å²) < 4.78 is 31.8. The molecule has 11 heteroatoms. The van der Waals surface area contributed by atoms with Gasteiger partial charge in [-0.15, -0.1) is 8.78 Å². The highest BCUT2D eigenvalue weighted by molar-refractivity contribution is 6.20. The molecule has 0 aliphatic heterocycles. The van der Waals surface area contributed by atoms with Crippen LogP contribution >= 0.6 is 11.6 Å². The lowest BCUT2D eigenvalue weighted by molar-refractivity contribution is -0.0964. The van der Waals surface area contributed by atoms with Crippen molar-refractivity contribution in [1.29, 1.82) is 0 Å². The molecule has 2 N–H and O–H groups in total. The number of hydrogen-bond acceptors (Lipinski definition) is 6. The van der Waals surface area contributed by atoms with Crippen molar-refractivity contribution in [3.63, 3.8) is 0 Å². The van der Waals surface area contributed by atoms with Crippen molar-refractivity contribution in [2.45, 2.75) is 38.5 Å². The number of carbonyl (C=O) groups is 1. The summed E-state index contributed by atoms with van der Waals surface area (Å²) in [5.41, 5.74) is -0.791. The zero-order chi connectivity index (χ0) is 25.3. The number of carbonyl (C=O) groups excluding carboxylic acids is 1. The first kappa shape index (κ1) is 24.5. The molecule has 8 nitrogen and oxygen atoms in total. The standard InChI is InChI=1S/C24H22ClF2N5O3/c1-13(2)32-21-18(19-5-4-10-28-31-19)11-15(12-20(21)30-22(32)14(3)33)23(34)29-16-6-8-17(9-7-16)35-24(25,26)27/h4-14,33H,1-3H3,(H,29,34)/t14-/m0/s1. The number of halogens is 3. The third-order valence-corrected chi connectivity index (χ3v) is 5.24. The van der Waals surface area contributed by atoms with Gasteiger partial charge in [-0.3, -0.25) is 4.79 Å².